The Morgan fingerprint density at radius 1 is 0.500 bits per heavy atom. The van der Waals surface area contributed by atoms with Gasteiger partial charge in [0.05, 0.1) is 26.4 Å². The Morgan fingerprint density at radius 3 is 1.46 bits per heavy atom. The number of ether oxygens (including phenoxy) is 5. The number of benzene rings is 3. The maximum Gasteiger partial charge on any atom is 0.347 e. The van der Waals surface area contributed by atoms with Crippen molar-refractivity contribution in [2.75, 3.05) is 26.4 Å². The van der Waals surface area contributed by atoms with Crippen LogP contribution in [0.2, 0.25) is 0 Å². The quantitative estimate of drug-likeness (QED) is 0.0291. The SMILES string of the molecule is C=C(C)C(=O)OCCCCCOc1cc(OCCCCCCCC)ccc1C(=O)Oc1ccc(-c2ccc(OCCCCCCCCCCC)cc2)cc1. The number of carbonyl (C=O) groups excluding carboxylic acids is 2. The standard InChI is InChI=1S/C47H66O7/c1-5-7-9-11-13-14-15-17-19-33-50-41-27-23-39(24-28-41)40-25-29-42(30-26-40)54-47(49)44-32-31-43(51-34-20-16-12-10-8-6-2)37-45(44)52-35-21-18-22-36-53-46(48)38(3)4/h23-32,37H,3,5-22,33-36H2,1-2,4H3. The summed E-state index contributed by atoms with van der Waals surface area (Å²) in [7, 11) is 0. The zero-order chi connectivity index (χ0) is 38.6. The van der Waals surface area contributed by atoms with Crippen LogP contribution in [0, 0.1) is 0 Å². The zero-order valence-electron chi connectivity index (χ0n) is 33.5. The molecule has 0 saturated heterocycles. The van der Waals surface area contributed by atoms with E-state index in [1.807, 2.05) is 24.3 Å². The maximum absolute atomic E-state index is 13.4. The van der Waals surface area contributed by atoms with Crippen molar-refractivity contribution < 1.29 is 33.3 Å². The van der Waals surface area contributed by atoms with Gasteiger partial charge >= 0.3 is 11.9 Å². The molecule has 0 atom stereocenters. The van der Waals surface area contributed by atoms with Crippen molar-refractivity contribution in [1.29, 1.82) is 0 Å². The molecule has 0 unspecified atom stereocenters. The maximum atomic E-state index is 13.4. The average Bonchev–Trinajstić information content (AvgIpc) is 3.18. The molecule has 3 aromatic rings. The van der Waals surface area contributed by atoms with Crippen LogP contribution in [0.4, 0.5) is 0 Å². The fourth-order valence-electron chi connectivity index (χ4n) is 6.03. The van der Waals surface area contributed by atoms with Crippen molar-refractivity contribution in [1.82, 2.24) is 0 Å². The molecule has 0 saturated carbocycles. The summed E-state index contributed by atoms with van der Waals surface area (Å²) in [5, 5.41) is 0. The molecule has 0 aliphatic carbocycles. The van der Waals surface area contributed by atoms with Gasteiger partial charge in [-0.2, -0.15) is 0 Å². The summed E-state index contributed by atoms with van der Waals surface area (Å²) in [6.07, 6.45) is 21.0. The summed E-state index contributed by atoms with van der Waals surface area (Å²) < 4.78 is 29.1. The Labute approximate surface area is 325 Å². The molecule has 296 valence electrons. The number of hydrogen-bond acceptors (Lipinski definition) is 7. The molecule has 3 aromatic carbocycles. The Morgan fingerprint density at radius 2 is 0.926 bits per heavy atom. The lowest BCUT2D eigenvalue weighted by Crippen LogP contribution is -2.12. The van der Waals surface area contributed by atoms with Gasteiger partial charge in [0.25, 0.3) is 0 Å². The molecule has 7 nitrogen and oxygen atoms in total. The van der Waals surface area contributed by atoms with E-state index in [0.717, 1.165) is 55.6 Å². The van der Waals surface area contributed by atoms with E-state index in [1.165, 1.54) is 77.0 Å². The summed E-state index contributed by atoms with van der Waals surface area (Å²) in [5.41, 5.74) is 2.80. The molecule has 0 radical (unpaired) electrons. The topological polar surface area (TPSA) is 80.3 Å². The Hall–Kier alpha value is -4.26. The van der Waals surface area contributed by atoms with Gasteiger partial charge in [-0.1, -0.05) is 128 Å². The van der Waals surface area contributed by atoms with Crippen LogP contribution in [0.1, 0.15) is 147 Å². The number of rotatable bonds is 30. The fourth-order valence-corrected chi connectivity index (χ4v) is 6.03. The zero-order valence-corrected chi connectivity index (χ0v) is 33.5. The second kappa shape index (κ2) is 27.3. The summed E-state index contributed by atoms with van der Waals surface area (Å²) in [5.74, 6) is 1.53. The van der Waals surface area contributed by atoms with Crippen LogP contribution in [-0.4, -0.2) is 38.4 Å². The number of carbonyl (C=O) groups is 2. The van der Waals surface area contributed by atoms with Crippen molar-refractivity contribution in [2.24, 2.45) is 0 Å². The first kappa shape index (κ1) is 44.1. The van der Waals surface area contributed by atoms with E-state index >= 15 is 0 Å². The largest absolute Gasteiger partial charge is 0.494 e. The number of hydrogen-bond donors (Lipinski definition) is 0. The summed E-state index contributed by atoms with van der Waals surface area (Å²) in [4.78, 5) is 25.0. The summed E-state index contributed by atoms with van der Waals surface area (Å²) in [6.45, 7) is 11.8. The van der Waals surface area contributed by atoms with Crippen LogP contribution in [0.25, 0.3) is 11.1 Å². The first-order valence-corrected chi connectivity index (χ1v) is 20.7. The van der Waals surface area contributed by atoms with Crippen LogP contribution >= 0.6 is 0 Å². The normalized spacial score (nSPS) is 10.9. The third-order valence-corrected chi connectivity index (χ3v) is 9.34. The van der Waals surface area contributed by atoms with Crippen LogP contribution in [0.3, 0.4) is 0 Å². The highest BCUT2D eigenvalue weighted by molar-refractivity contribution is 5.94. The van der Waals surface area contributed by atoms with Crippen LogP contribution < -0.4 is 18.9 Å². The van der Waals surface area contributed by atoms with Gasteiger partial charge < -0.3 is 23.7 Å². The molecule has 0 bridgehead atoms. The fraction of sp³-hybridized carbons (Fsp3) is 0.532. The van der Waals surface area contributed by atoms with Gasteiger partial charge in [-0.05, 0) is 86.6 Å². The van der Waals surface area contributed by atoms with Gasteiger partial charge in [0.1, 0.15) is 28.6 Å². The highest BCUT2D eigenvalue weighted by atomic mass is 16.5. The van der Waals surface area contributed by atoms with Crippen molar-refractivity contribution in [3.63, 3.8) is 0 Å². The predicted molar refractivity (Wildman–Crippen MR) is 220 cm³/mol. The molecule has 0 heterocycles. The third kappa shape index (κ3) is 18.2. The number of unbranched alkanes of at least 4 members (excludes halogenated alkanes) is 15. The minimum atomic E-state index is -0.500. The van der Waals surface area contributed by atoms with Gasteiger partial charge in [-0.25, -0.2) is 9.59 Å². The molecule has 0 aliphatic heterocycles. The Bertz CT molecular complexity index is 1480. The molecule has 0 N–H and O–H groups in total. The smallest absolute Gasteiger partial charge is 0.347 e. The lowest BCUT2D eigenvalue weighted by Gasteiger charge is -2.14. The van der Waals surface area contributed by atoms with Gasteiger partial charge in [-0.15, -0.1) is 0 Å². The first-order chi connectivity index (χ1) is 26.4. The minimum absolute atomic E-state index is 0.333. The molecule has 0 fully saturated rings. The van der Waals surface area contributed by atoms with E-state index in [9.17, 15) is 9.59 Å². The highest BCUT2D eigenvalue weighted by Crippen LogP contribution is 2.29. The highest BCUT2D eigenvalue weighted by Gasteiger charge is 2.17. The molecule has 7 heteroatoms. The van der Waals surface area contributed by atoms with Crippen molar-refractivity contribution in [3.8, 4) is 34.1 Å². The molecular formula is C47H66O7. The second-order valence-electron chi connectivity index (χ2n) is 14.2. The van der Waals surface area contributed by atoms with E-state index < -0.39 is 5.97 Å². The van der Waals surface area contributed by atoms with Crippen molar-refractivity contribution >= 4 is 11.9 Å². The van der Waals surface area contributed by atoms with Crippen LogP contribution in [-0.2, 0) is 9.53 Å². The monoisotopic (exact) mass is 742 g/mol. The van der Waals surface area contributed by atoms with Gasteiger partial charge in [0.2, 0.25) is 0 Å². The third-order valence-electron chi connectivity index (χ3n) is 9.34. The van der Waals surface area contributed by atoms with Crippen LogP contribution in [0.5, 0.6) is 23.0 Å². The van der Waals surface area contributed by atoms with E-state index in [4.69, 9.17) is 23.7 Å². The number of esters is 2. The van der Waals surface area contributed by atoms with E-state index in [-0.39, 0.29) is 5.97 Å². The lowest BCUT2D eigenvalue weighted by atomic mass is 10.1. The lowest BCUT2D eigenvalue weighted by molar-refractivity contribution is -0.139. The molecular weight excluding hydrogens is 677 g/mol. The van der Waals surface area contributed by atoms with Crippen molar-refractivity contribution in [2.45, 2.75) is 136 Å². The predicted octanol–water partition coefficient (Wildman–Crippen LogP) is 12.9. The molecule has 0 spiro atoms. The molecule has 54 heavy (non-hydrogen) atoms. The first-order valence-electron chi connectivity index (χ1n) is 20.7. The Kier molecular flexibility index (Phi) is 22.3. The summed E-state index contributed by atoms with van der Waals surface area (Å²) >= 11 is 0. The Balaban J connectivity index is 1.50. The molecule has 0 aliphatic rings. The average molecular weight is 743 g/mol. The van der Waals surface area contributed by atoms with Crippen LogP contribution in [0.15, 0.2) is 78.9 Å². The van der Waals surface area contributed by atoms with Gasteiger partial charge in [-0.3, -0.25) is 0 Å². The summed E-state index contributed by atoms with van der Waals surface area (Å²) in [6, 6.07) is 20.9. The van der Waals surface area contributed by atoms with E-state index in [0.29, 0.717) is 54.6 Å². The second-order valence-corrected chi connectivity index (χ2v) is 14.2. The molecule has 3 rings (SSSR count). The van der Waals surface area contributed by atoms with E-state index in [1.54, 1.807) is 37.3 Å². The van der Waals surface area contributed by atoms with E-state index in [2.05, 4.69) is 32.6 Å². The van der Waals surface area contributed by atoms with Gasteiger partial charge in [0, 0.05) is 11.6 Å². The molecule has 0 aromatic heterocycles. The minimum Gasteiger partial charge on any atom is -0.494 e. The molecule has 0 amide bonds. The van der Waals surface area contributed by atoms with Gasteiger partial charge in [0.15, 0.2) is 0 Å². The van der Waals surface area contributed by atoms with Crippen molar-refractivity contribution in [3.05, 3.63) is 84.4 Å².